The molecule has 0 saturated carbocycles. The molecule has 1 aliphatic rings. The van der Waals surface area contributed by atoms with Gasteiger partial charge in [-0.3, -0.25) is 4.79 Å². The first-order valence-electron chi connectivity index (χ1n) is 9.61. The van der Waals surface area contributed by atoms with E-state index in [4.69, 9.17) is 0 Å². The molecule has 144 valence electrons. The average molecular weight is 376 g/mol. The molecule has 1 aliphatic heterocycles. The van der Waals surface area contributed by atoms with Crippen LogP contribution in [0.5, 0.6) is 0 Å². The third-order valence-corrected chi connectivity index (χ3v) is 5.04. The van der Waals surface area contributed by atoms with Crippen LogP contribution in [-0.2, 0) is 0 Å². The molecule has 0 N–H and O–H groups in total. The van der Waals surface area contributed by atoms with Crippen LogP contribution in [0.15, 0.2) is 54.6 Å². The minimum atomic E-state index is 0.0538. The molecule has 0 unspecified atom stereocenters. The van der Waals surface area contributed by atoms with E-state index in [1.807, 2.05) is 61.2 Å². The van der Waals surface area contributed by atoms with Gasteiger partial charge in [-0.05, 0) is 48.5 Å². The van der Waals surface area contributed by atoms with E-state index in [2.05, 4.69) is 32.6 Å². The second kappa shape index (κ2) is 7.80. The van der Waals surface area contributed by atoms with Gasteiger partial charge in [-0.2, -0.15) is 0 Å². The van der Waals surface area contributed by atoms with Crippen molar-refractivity contribution in [3.05, 3.63) is 60.2 Å². The van der Waals surface area contributed by atoms with E-state index in [1.54, 1.807) is 4.68 Å². The fourth-order valence-electron chi connectivity index (χ4n) is 3.51. The SMILES string of the molecule is CC(C)n1nnnc1-c1cccc(C(=O)N2CCN(c3ccccc3)CC2)c1. The van der Waals surface area contributed by atoms with E-state index in [0.717, 1.165) is 18.7 Å². The zero-order valence-electron chi connectivity index (χ0n) is 16.2. The number of hydrogen-bond acceptors (Lipinski definition) is 5. The molecule has 1 aromatic heterocycles. The highest BCUT2D eigenvalue weighted by Crippen LogP contribution is 2.22. The predicted molar refractivity (Wildman–Crippen MR) is 108 cm³/mol. The highest BCUT2D eigenvalue weighted by atomic mass is 16.2. The first-order valence-corrected chi connectivity index (χ1v) is 9.61. The molecule has 4 rings (SSSR count). The second-order valence-electron chi connectivity index (χ2n) is 7.24. The van der Waals surface area contributed by atoms with Crippen molar-refractivity contribution in [3.8, 4) is 11.4 Å². The first-order chi connectivity index (χ1) is 13.6. The van der Waals surface area contributed by atoms with Gasteiger partial charge in [0.1, 0.15) is 0 Å². The van der Waals surface area contributed by atoms with Gasteiger partial charge >= 0.3 is 0 Å². The van der Waals surface area contributed by atoms with Crippen LogP contribution in [0.4, 0.5) is 5.69 Å². The highest BCUT2D eigenvalue weighted by Gasteiger charge is 2.23. The largest absolute Gasteiger partial charge is 0.368 e. The van der Waals surface area contributed by atoms with Crippen LogP contribution in [-0.4, -0.2) is 57.2 Å². The number of tetrazole rings is 1. The Kier molecular flexibility index (Phi) is 5.06. The minimum absolute atomic E-state index is 0.0538. The lowest BCUT2D eigenvalue weighted by Crippen LogP contribution is -2.48. The molecule has 1 amide bonds. The number of benzene rings is 2. The summed E-state index contributed by atoms with van der Waals surface area (Å²) in [4.78, 5) is 17.3. The summed E-state index contributed by atoms with van der Waals surface area (Å²) in [5.74, 6) is 0.733. The molecule has 0 bridgehead atoms. The van der Waals surface area contributed by atoms with Crippen LogP contribution in [0, 0.1) is 0 Å². The standard InChI is InChI=1S/C21H24N6O/c1-16(2)27-20(22-23-24-27)17-7-6-8-18(15-17)21(28)26-13-11-25(12-14-26)19-9-4-3-5-10-19/h3-10,15-16H,11-14H2,1-2H3. The summed E-state index contributed by atoms with van der Waals surface area (Å²) in [5, 5.41) is 12.0. The van der Waals surface area contributed by atoms with E-state index < -0.39 is 0 Å². The number of rotatable bonds is 4. The zero-order valence-corrected chi connectivity index (χ0v) is 16.2. The Balaban J connectivity index is 1.48. The van der Waals surface area contributed by atoms with Gasteiger partial charge in [0, 0.05) is 43.0 Å². The fraction of sp³-hybridized carbons (Fsp3) is 0.333. The maximum atomic E-state index is 13.0. The number of carbonyl (C=O) groups excluding carboxylic acids is 1. The molecule has 2 heterocycles. The summed E-state index contributed by atoms with van der Waals surface area (Å²) in [7, 11) is 0. The van der Waals surface area contributed by atoms with Crippen LogP contribution >= 0.6 is 0 Å². The van der Waals surface area contributed by atoms with Crippen molar-refractivity contribution in [2.24, 2.45) is 0 Å². The lowest BCUT2D eigenvalue weighted by atomic mass is 10.1. The molecule has 3 aromatic rings. The van der Waals surface area contributed by atoms with Gasteiger partial charge in [0.25, 0.3) is 5.91 Å². The monoisotopic (exact) mass is 376 g/mol. The molecule has 28 heavy (non-hydrogen) atoms. The molecule has 0 spiro atoms. The van der Waals surface area contributed by atoms with Crippen molar-refractivity contribution < 1.29 is 4.79 Å². The van der Waals surface area contributed by atoms with Gasteiger partial charge < -0.3 is 9.80 Å². The highest BCUT2D eigenvalue weighted by molar-refractivity contribution is 5.95. The second-order valence-corrected chi connectivity index (χ2v) is 7.24. The number of piperazine rings is 1. The van der Waals surface area contributed by atoms with E-state index in [9.17, 15) is 4.79 Å². The summed E-state index contributed by atoms with van der Waals surface area (Å²) in [5.41, 5.74) is 2.73. The molecule has 0 atom stereocenters. The van der Waals surface area contributed by atoms with Gasteiger partial charge in [0.2, 0.25) is 0 Å². The summed E-state index contributed by atoms with van der Waals surface area (Å²) in [6.45, 7) is 7.15. The molecule has 7 nitrogen and oxygen atoms in total. The third-order valence-electron chi connectivity index (χ3n) is 5.04. The number of carbonyl (C=O) groups is 1. The molecule has 0 radical (unpaired) electrons. The molecular weight excluding hydrogens is 352 g/mol. The topological polar surface area (TPSA) is 67.2 Å². The van der Waals surface area contributed by atoms with Crippen molar-refractivity contribution in [3.63, 3.8) is 0 Å². The summed E-state index contributed by atoms with van der Waals surface area (Å²) < 4.78 is 1.77. The average Bonchev–Trinajstić information content (AvgIpc) is 3.24. The Morgan fingerprint density at radius 2 is 1.71 bits per heavy atom. The summed E-state index contributed by atoms with van der Waals surface area (Å²) in [6.07, 6.45) is 0. The summed E-state index contributed by atoms with van der Waals surface area (Å²) >= 11 is 0. The Labute approximate surface area is 164 Å². The lowest BCUT2D eigenvalue weighted by Gasteiger charge is -2.36. The molecule has 2 aromatic carbocycles. The van der Waals surface area contributed by atoms with Gasteiger partial charge in [-0.15, -0.1) is 5.10 Å². The Bertz CT molecular complexity index is 944. The van der Waals surface area contributed by atoms with Crippen molar-refractivity contribution >= 4 is 11.6 Å². The normalized spacial score (nSPS) is 14.5. The predicted octanol–water partition coefficient (Wildman–Crippen LogP) is 2.88. The maximum Gasteiger partial charge on any atom is 0.253 e. The summed E-state index contributed by atoms with van der Waals surface area (Å²) in [6, 6.07) is 18.1. The number of nitrogens with zero attached hydrogens (tertiary/aromatic N) is 6. The number of aromatic nitrogens is 4. The quantitative estimate of drug-likeness (QED) is 0.700. The van der Waals surface area contributed by atoms with Crippen LogP contribution in [0.2, 0.25) is 0 Å². The molecule has 7 heteroatoms. The number of anilines is 1. The molecule has 0 aliphatic carbocycles. The minimum Gasteiger partial charge on any atom is -0.368 e. The van der Waals surface area contributed by atoms with Crippen molar-refractivity contribution in [1.82, 2.24) is 25.1 Å². The molecule has 1 saturated heterocycles. The molecule has 1 fully saturated rings. The van der Waals surface area contributed by atoms with Gasteiger partial charge in [0.15, 0.2) is 5.82 Å². The zero-order chi connectivity index (χ0) is 19.5. The number of amides is 1. The van der Waals surface area contributed by atoms with Gasteiger partial charge in [0.05, 0.1) is 6.04 Å². The van der Waals surface area contributed by atoms with Gasteiger partial charge in [-0.1, -0.05) is 30.3 Å². The fourth-order valence-corrected chi connectivity index (χ4v) is 3.51. The van der Waals surface area contributed by atoms with Crippen molar-refractivity contribution in [1.29, 1.82) is 0 Å². The smallest absolute Gasteiger partial charge is 0.253 e. The maximum absolute atomic E-state index is 13.0. The van der Waals surface area contributed by atoms with E-state index >= 15 is 0 Å². The number of para-hydroxylation sites is 1. The van der Waals surface area contributed by atoms with E-state index in [0.29, 0.717) is 24.5 Å². The van der Waals surface area contributed by atoms with Crippen molar-refractivity contribution in [2.45, 2.75) is 19.9 Å². The Morgan fingerprint density at radius 1 is 0.964 bits per heavy atom. The van der Waals surface area contributed by atoms with E-state index in [1.165, 1.54) is 5.69 Å². The van der Waals surface area contributed by atoms with Crippen LogP contribution < -0.4 is 4.90 Å². The molecular formula is C21H24N6O. The Hall–Kier alpha value is -3.22. The first kappa shape index (κ1) is 18.2. The van der Waals surface area contributed by atoms with Crippen LogP contribution in [0.25, 0.3) is 11.4 Å². The Morgan fingerprint density at radius 3 is 2.43 bits per heavy atom. The lowest BCUT2D eigenvalue weighted by molar-refractivity contribution is 0.0747. The van der Waals surface area contributed by atoms with Crippen molar-refractivity contribution in [2.75, 3.05) is 31.1 Å². The van der Waals surface area contributed by atoms with Gasteiger partial charge in [-0.25, -0.2) is 4.68 Å². The number of hydrogen-bond donors (Lipinski definition) is 0. The van der Waals surface area contributed by atoms with E-state index in [-0.39, 0.29) is 11.9 Å². The third kappa shape index (κ3) is 3.60. The van der Waals surface area contributed by atoms with Crippen LogP contribution in [0.1, 0.15) is 30.2 Å². The van der Waals surface area contributed by atoms with Crippen LogP contribution in [0.3, 0.4) is 0 Å².